The van der Waals surface area contributed by atoms with Crippen molar-refractivity contribution in [3.8, 4) is 0 Å². The lowest BCUT2D eigenvalue weighted by Crippen LogP contribution is -2.40. The lowest BCUT2D eigenvalue weighted by Gasteiger charge is -2.26. The Balaban J connectivity index is 1.80. The largest absolute Gasteiger partial charge is 0.416 e. The van der Waals surface area contributed by atoms with E-state index in [0.717, 1.165) is 12.1 Å². The summed E-state index contributed by atoms with van der Waals surface area (Å²) >= 11 is 0. The lowest BCUT2D eigenvalue weighted by molar-refractivity contribution is -0.137. The molecule has 148 valence electrons. The minimum absolute atomic E-state index is 0.0674. The van der Waals surface area contributed by atoms with Crippen molar-refractivity contribution in [1.29, 1.82) is 0 Å². The molecule has 0 bridgehead atoms. The second-order valence-corrected chi connectivity index (χ2v) is 6.58. The number of hydrogen-bond donors (Lipinski definition) is 2. The van der Waals surface area contributed by atoms with E-state index in [0.29, 0.717) is 25.1 Å². The van der Waals surface area contributed by atoms with Crippen LogP contribution in [0.5, 0.6) is 0 Å². The van der Waals surface area contributed by atoms with Crippen LogP contribution in [-0.4, -0.2) is 29.9 Å². The van der Waals surface area contributed by atoms with Crippen LogP contribution in [0.3, 0.4) is 0 Å². The third-order valence-corrected chi connectivity index (χ3v) is 4.53. The molecule has 0 saturated carbocycles. The zero-order valence-corrected chi connectivity index (χ0v) is 15.0. The molecule has 1 heterocycles. The number of alkyl halides is 3. The van der Waals surface area contributed by atoms with Gasteiger partial charge in [0.2, 0.25) is 5.91 Å². The van der Waals surface area contributed by atoms with Crippen LogP contribution in [0.1, 0.15) is 30.0 Å². The number of halogens is 3. The predicted molar refractivity (Wildman–Crippen MR) is 98.6 cm³/mol. The van der Waals surface area contributed by atoms with Gasteiger partial charge in [-0.1, -0.05) is 30.3 Å². The van der Waals surface area contributed by atoms with Crippen LogP contribution in [0, 0.1) is 0 Å². The van der Waals surface area contributed by atoms with Crippen molar-refractivity contribution in [3.63, 3.8) is 0 Å². The normalized spacial score (nSPS) is 15.4. The molecule has 0 spiro atoms. The van der Waals surface area contributed by atoms with Gasteiger partial charge >= 0.3 is 12.2 Å². The third kappa shape index (κ3) is 5.03. The molecule has 1 aliphatic heterocycles. The summed E-state index contributed by atoms with van der Waals surface area (Å²) in [5.74, 6) is -0.0674. The summed E-state index contributed by atoms with van der Waals surface area (Å²) in [7, 11) is 0. The Labute approximate surface area is 160 Å². The Kier molecular flexibility index (Phi) is 5.87. The molecule has 28 heavy (non-hydrogen) atoms. The molecule has 1 fully saturated rings. The van der Waals surface area contributed by atoms with Gasteiger partial charge in [-0.15, -0.1) is 0 Å². The molecule has 1 aliphatic rings. The van der Waals surface area contributed by atoms with E-state index in [1.54, 1.807) is 35.2 Å². The number of hydrogen-bond acceptors (Lipinski definition) is 2. The highest BCUT2D eigenvalue weighted by molar-refractivity contribution is 5.89. The fraction of sp³-hybridized carbons (Fsp3) is 0.300. The Bertz CT molecular complexity index is 840. The predicted octanol–water partition coefficient (Wildman–Crippen LogP) is 4.19. The summed E-state index contributed by atoms with van der Waals surface area (Å²) in [5, 5.41) is 5.34. The highest BCUT2D eigenvalue weighted by atomic mass is 19.4. The number of urea groups is 1. The first-order valence-electron chi connectivity index (χ1n) is 8.90. The number of benzene rings is 2. The summed E-state index contributed by atoms with van der Waals surface area (Å²) in [4.78, 5) is 25.9. The van der Waals surface area contributed by atoms with E-state index in [4.69, 9.17) is 0 Å². The van der Waals surface area contributed by atoms with E-state index in [2.05, 4.69) is 10.6 Å². The fourth-order valence-electron chi connectivity index (χ4n) is 3.13. The smallest absolute Gasteiger partial charge is 0.340 e. The van der Waals surface area contributed by atoms with E-state index in [-0.39, 0.29) is 18.0 Å². The number of likely N-dealkylation sites (tertiary alicyclic amines) is 1. The number of carbonyl (C=O) groups is 2. The number of nitrogens with zero attached hydrogens (tertiary/aromatic N) is 1. The van der Waals surface area contributed by atoms with Gasteiger partial charge in [-0.25, -0.2) is 4.79 Å². The Morgan fingerprint density at radius 2 is 1.86 bits per heavy atom. The maximum atomic E-state index is 13.1. The van der Waals surface area contributed by atoms with Gasteiger partial charge in [-0.05, 0) is 36.2 Å². The quantitative estimate of drug-likeness (QED) is 0.803. The molecule has 1 atom stereocenters. The zero-order chi connectivity index (χ0) is 20.1. The van der Waals surface area contributed by atoms with Gasteiger partial charge in [0, 0.05) is 25.2 Å². The molecule has 2 aromatic carbocycles. The monoisotopic (exact) mass is 391 g/mol. The minimum Gasteiger partial charge on any atom is -0.340 e. The number of anilines is 1. The second kappa shape index (κ2) is 8.33. The topological polar surface area (TPSA) is 61.4 Å². The summed E-state index contributed by atoms with van der Waals surface area (Å²) in [5.41, 5.74) is 0.0470. The minimum atomic E-state index is -4.49. The summed E-state index contributed by atoms with van der Waals surface area (Å²) in [6.07, 6.45) is -3.38. The number of amides is 3. The van der Waals surface area contributed by atoms with Crippen LogP contribution < -0.4 is 10.6 Å². The second-order valence-electron chi connectivity index (χ2n) is 6.58. The molecule has 2 aromatic rings. The van der Waals surface area contributed by atoms with Crippen LogP contribution in [-0.2, 0) is 11.0 Å². The SMILES string of the molecule is O=C(Nc1ccccc1)NC(CN1CCCC1=O)c1cccc(C(F)(F)F)c1. The van der Waals surface area contributed by atoms with Gasteiger partial charge < -0.3 is 15.5 Å². The molecular weight excluding hydrogens is 371 g/mol. The molecule has 3 rings (SSSR count). The third-order valence-electron chi connectivity index (χ3n) is 4.53. The van der Waals surface area contributed by atoms with E-state index >= 15 is 0 Å². The van der Waals surface area contributed by atoms with E-state index in [1.807, 2.05) is 0 Å². The van der Waals surface area contributed by atoms with Gasteiger partial charge in [0.05, 0.1) is 11.6 Å². The van der Waals surface area contributed by atoms with E-state index < -0.39 is 23.8 Å². The summed E-state index contributed by atoms with van der Waals surface area (Å²) in [6, 6.07) is 12.2. The van der Waals surface area contributed by atoms with Crippen LogP contribution >= 0.6 is 0 Å². The van der Waals surface area contributed by atoms with Crippen LogP contribution in [0.2, 0.25) is 0 Å². The Hall–Kier alpha value is -3.03. The van der Waals surface area contributed by atoms with Crippen molar-refractivity contribution in [2.45, 2.75) is 25.1 Å². The first kappa shape index (κ1) is 19.7. The maximum absolute atomic E-state index is 13.1. The molecule has 8 heteroatoms. The molecular formula is C20H20F3N3O2. The average molecular weight is 391 g/mol. The van der Waals surface area contributed by atoms with Crippen LogP contribution in [0.4, 0.5) is 23.7 Å². The van der Waals surface area contributed by atoms with Gasteiger partial charge in [0.25, 0.3) is 0 Å². The molecule has 1 unspecified atom stereocenters. The average Bonchev–Trinajstić information content (AvgIpc) is 3.06. The molecule has 5 nitrogen and oxygen atoms in total. The number of nitrogens with one attached hydrogen (secondary N) is 2. The van der Waals surface area contributed by atoms with Crippen molar-refractivity contribution >= 4 is 17.6 Å². The highest BCUT2D eigenvalue weighted by Crippen LogP contribution is 2.31. The lowest BCUT2D eigenvalue weighted by atomic mass is 10.0. The number of para-hydroxylation sites is 1. The molecule has 0 aliphatic carbocycles. The Morgan fingerprint density at radius 3 is 2.50 bits per heavy atom. The molecule has 2 N–H and O–H groups in total. The van der Waals surface area contributed by atoms with Gasteiger partial charge in [-0.3, -0.25) is 4.79 Å². The van der Waals surface area contributed by atoms with Crippen molar-refractivity contribution in [2.24, 2.45) is 0 Å². The van der Waals surface area contributed by atoms with Crippen molar-refractivity contribution in [2.75, 3.05) is 18.4 Å². The van der Waals surface area contributed by atoms with Crippen molar-refractivity contribution < 1.29 is 22.8 Å². The van der Waals surface area contributed by atoms with Gasteiger partial charge in [0.15, 0.2) is 0 Å². The first-order chi connectivity index (χ1) is 13.3. The van der Waals surface area contributed by atoms with Gasteiger partial charge in [-0.2, -0.15) is 13.2 Å². The number of rotatable bonds is 5. The molecule has 0 radical (unpaired) electrons. The van der Waals surface area contributed by atoms with Crippen molar-refractivity contribution in [3.05, 3.63) is 65.7 Å². The zero-order valence-electron chi connectivity index (χ0n) is 15.0. The van der Waals surface area contributed by atoms with Crippen LogP contribution in [0.25, 0.3) is 0 Å². The molecule has 3 amide bonds. The maximum Gasteiger partial charge on any atom is 0.416 e. The summed E-state index contributed by atoms with van der Waals surface area (Å²) in [6.45, 7) is 0.638. The molecule has 0 aromatic heterocycles. The van der Waals surface area contributed by atoms with E-state index in [1.165, 1.54) is 12.1 Å². The summed E-state index contributed by atoms with van der Waals surface area (Å²) < 4.78 is 39.3. The molecule has 1 saturated heterocycles. The Morgan fingerprint density at radius 1 is 1.11 bits per heavy atom. The first-order valence-corrected chi connectivity index (χ1v) is 8.90. The number of carbonyl (C=O) groups excluding carboxylic acids is 2. The fourth-order valence-corrected chi connectivity index (χ4v) is 3.13. The van der Waals surface area contributed by atoms with Crippen molar-refractivity contribution in [1.82, 2.24) is 10.2 Å². The van der Waals surface area contributed by atoms with Crippen LogP contribution in [0.15, 0.2) is 54.6 Å². The van der Waals surface area contributed by atoms with E-state index in [9.17, 15) is 22.8 Å². The highest BCUT2D eigenvalue weighted by Gasteiger charge is 2.32. The standard InChI is InChI=1S/C20H20F3N3O2/c21-20(22,23)15-7-4-6-14(12-15)17(13-26-11-5-10-18(26)27)25-19(28)24-16-8-2-1-3-9-16/h1-4,6-9,12,17H,5,10-11,13H2,(H2,24,25,28). The van der Waals surface area contributed by atoms with Gasteiger partial charge in [0.1, 0.15) is 0 Å².